The number of fused-ring (bicyclic) bond motifs is 1. The van der Waals surface area contributed by atoms with Gasteiger partial charge >= 0.3 is 0 Å². The maximum absolute atomic E-state index is 4.85. The zero-order valence-electron chi connectivity index (χ0n) is 14.9. The van der Waals surface area contributed by atoms with Crippen molar-refractivity contribution in [3.63, 3.8) is 0 Å². The highest BCUT2D eigenvalue weighted by Gasteiger charge is 2.10. The minimum absolute atomic E-state index is 0.650. The Bertz CT molecular complexity index is 1060. The quantitative estimate of drug-likeness (QED) is 0.599. The second kappa shape index (κ2) is 7.02. The van der Waals surface area contributed by atoms with Crippen molar-refractivity contribution in [2.45, 2.75) is 13.5 Å². The van der Waals surface area contributed by atoms with E-state index in [1.54, 1.807) is 0 Å². The normalized spacial score (nSPS) is 11.0. The van der Waals surface area contributed by atoms with E-state index in [4.69, 9.17) is 4.98 Å². The predicted octanol–water partition coefficient (Wildman–Crippen LogP) is 4.39. The lowest BCUT2D eigenvalue weighted by atomic mass is 10.0. The molecule has 4 aromatic rings. The number of benzene rings is 2. The fourth-order valence-corrected chi connectivity index (χ4v) is 3.03. The van der Waals surface area contributed by atoms with Gasteiger partial charge in [-0.1, -0.05) is 48.5 Å². The summed E-state index contributed by atoms with van der Waals surface area (Å²) in [6, 6.07) is 20.6. The molecule has 2 aromatic heterocycles. The van der Waals surface area contributed by atoms with E-state index in [2.05, 4.69) is 52.5 Å². The molecular formula is C22H20N4. The van der Waals surface area contributed by atoms with Crippen LogP contribution in [-0.2, 0) is 6.54 Å². The Labute approximate surface area is 153 Å². The summed E-state index contributed by atoms with van der Waals surface area (Å²) in [6.45, 7) is 2.94. The Kier molecular flexibility index (Phi) is 4.42. The van der Waals surface area contributed by atoms with Gasteiger partial charge < -0.3 is 5.32 Å². The first-order valence-electron chi connectivity index (χ1n) is 8.68. The van der Waals surface area contributed by atoms with Crippen LogP contribution in [-0.4, -0.2) is 22.0 Å². The van der Waals surface area contributed by atoms with Crippen LogP contribution < -0.4 is 5.32 Å². The van der Waals surface area contributed by atoms with E-state index in [9.17, 15) is 0 Å². The fraction of sp³-hybridized carbons (Fsp3) is 0.136. The van der Waals surface area contributed by atoms with Crippen molar-refractivity contribution in [2.24, 2.45) is 0 Å². The number of aromatic nitrogens is 3. The summed E-state index contributed by atoms with van der Waals surface area (Å²) in [4.78, 5) is 14.0. The van der Waals surface area contributed by atoms with Gasteiger partial charge in [-0.15, -0.1) is 0 Å². The molecular weight excluding hydrogens is 320 g/mol. The van der Waals surface area contributed by atoms with Crippen LogP contribution in [0.25, 0.3) is 33.7 Å². The second-order valence-corrected chi connectivity index (χ2v) is 6.34. The maximum Gasteiger partial charge on any atom is 0.178 e. The summed E-state index contributed by atoms with van der Waals surface area (Å²) in [5.74, 6) is 0.650. The highest BCUT2D eigenvalue weighted by atomic mass is 14.9. The third-order valence-corrected chi connectivity index (χ3v) is 4.42. The first kappa shape index (κ1) is 16.4. The standard InChI is InChI=1S/C22H20N4/c1-15-7-12-20(22-24-14-18-5-3-4-6-19(18)26-22)25-21(15)17-10-8-16(9-11-17)13-23-2/h3-12,14,23H,13H2,1-2H3. The van der Waals surface area contributed by atoms with Crippen molar-refractivity contribution in [1.82, 2.24) is 20.3 Å². The van der Waals surface area contributed by atoms with E-state index >= 15 is 0 Å². The molecule has 0 fully saturated rings. The summed E-state index contributed by atoms with van der Waals surface area (Å²) in [5, 5.41) is 4.20. The smallest absolute Gasteiger partial charge is 0.178 e. The van der Waals surface area contributed by atoms with Gasteiger partial charge in [0.15, 0.2) is 5.82 Å². The first-order chi connectivity index (χ1) is 12.7. The van der Waals surface area contributed by atoms with Gasteiger partial charge in [-0.3, -0.25) is 0 Å². The number of aryl methyl sites for hydroxylation is 1. The van der Waals surface area contributed by atoms with Crippen LogP contribution in [0.4, 0.5) is 0 Å². The molecule has 128 valence electrons. The molecule has 0 aliphatic rings. The Hall–Kier alpha value is -3.11. The number of hydrogen-bond donors (Lipinski definition) is 1. The Morgan fingerprint density at radius 2 is 1.69 bits per heavy atom. The average molecular weight is 340 g/mol. The molecule has 0 unspecified atom stereocenters. The van der Waals surface area contributed by atoms with Crippen LogP contribution >= 0.6 is 0 Å². The summed E-state index contributed by atoms with van der Waals surface area (Å²) in [5.41, 5.74) is 6.17. The zero-order valence-corrected chi connectivity index (χ0v) is 14.9. The molecule has 0 bridgehead atoms. The number of nitrogens with zero attached hydrogens (tertiary/aromatic N) is 3. The number of hydrogen-bond acceptors (Lipinski definition) is 4. The average Bonchev–Trinajstić information content (AvgIpc) is 2.69. The minimum atomic E-state index is 0.650. The van der Waals surface area contributed by atoms with Gasteiger partial charge in [0.2, 0.25) is 0 Å². The lowest BCUT2D eigenvalue weighted by Gasteiger charge is -2.09. The van der Waals surface area contributed by atoms with Crippen LogP contribution in [0.1, 0.15) is 11.1 Å². The SMILES string of the molecule is CNCc1ccc(-c2nc(-c3ncc4ccccc4n3)ccc2C)cc1. The van der Waals surface area contributed by atoms with Crippen molar-refractivity contribution < 1.29 is 0 Å². The lowest BCUT2D eigenvalue weighted by molar-refractivity contribution is 0.818. The molecule has 4 nitrogen and oxygen atoms in total. The minimum Gasteiger partial charge on any atom is -0.316 e. The first-order valence-corrected chi connectivity index (χ1v) is 8.68. The number of rotatable bonds is 4. The number of para-hydroxylation sites is 1. The van der Waals surface area contributed by atoms with Crippen molar-refractivity contribution in [3.8, 4) is 22.8 Å². The van der Waals surface area contributed by atoms with Gasteiger partial charge in [0.1, 0.15) is 5.69 Å². The summed E-state index contributed by atoms with van der Waals surface area (Å²) in [6.07, 6.45) is 1.85. The molecule has 0 radical (unpaired) electrons. The number of nitrogens with one attached hydrogen (secondary N) is 1. The van der Waals surface area contributed by atoms with Crippen LogP contribution in [0, 0.1) is 6.92 Å². The maximum atomic E-state index is 4.85. The molecule has 2 heterocycles. The molecule has 1 N–H and O–H groups in total. The predicted molar refractivity (Wildman–Crippen MR) is 106 cm³/mol. The van der Waals surface area contributed by atoms with E-state index in [1.165, 1.54) is 5.56 Å². The highest BCUT2D eigenvalue weighted by Crippen LogP contribution is 2.25. The summed E-state index contributed by atoms with van der Waals surface area (Å²) >= 11 is 0. The lowest BCUT2D eigenvalue weighted by Crippen LogP contribution is -2.04. The second-order valence-electron chi connectivity index (χ2n) is 6.34. The molecule has 4 rings (SSSR count). The summed E-state index contributed by atoms with van der Waals surface area (Å²) < 4.78 is 0. The fourth-order valence-electron chi connectivity index (χ4n) is 3.03. The van der Waals surface area contributed by atoms with E-state index in [1.807, 2.05) is 43.6 Å². The molecule has 0 aliphatic carbocycles. The van der Waals surface area contributed by atoms with Gasteiger partial charge in [-0.25, -0.2) is 15.0 Å². The summed E-state index contributed by atoms with van der Waals surface area (Å²) in [7, 11) is 1.95. The third-order valence-electron chi connectivity index (χ3n) is 4.42. The molecule has 26 heavy (non-hydrogen) atoms. The molecule has 4 heteroatoms. The van der Waals surface area contributed by atoms with Crippen molar-refractivity contribution in [3.05, 3.63) is 78.0 Å². The van der Waals surface area contributed by atoms with E-state index in [-0.39, 0.29) is 0 Å². The Balaban J connectivity index is 1.75. The monoisotopic (exact) mass is 340 g/mol. The topological polar surface area (TPSA) is 50.7 Å². The Morgan fingerprint density at radius 3 is 2.50 bits per heavy atom. The Morgan fingerprint density at radius 1 is 0.885 bits per heavy atom. The molecule has 0 amide bonds. The van der Waals surface area contributed by atoms with Crippen LogP contribution in [0.5, 0.6) is 0 Å². The molecule has 0 atom stereocenters. The molecule has 0 saturated heterocycles. The molecule has 0 spiro atoms. The van der Waals surface area contributed by atoms with Crippen molar-refractivity contribution in [2.75, 3.05) is 7.05 Å². The van der Waals surface area contributed by atoms with E-state index in [0.717, 1.165) is 40.0 Å². The molecule has 0 saturated carbocycles. The molecule has 0 aliphatic heterocycles. The van der Waals surface area contributed by atoms with Crippen molar-refractivity contribution >= 4 is 10.9 Å². The largest absolute Gasteiger partial charge is 0.316 e. The van der Waals surface area contributed by atoms with Gasteiger partial charge in [0.05, 0.1) is 11.2 Å². The van der Waals surface area contributed by atoms with Gasteiger partial charge in [-0.05, 0) is 37.2 Å². The van der Waals surface area contributed by atoms with Gasteiger partial charge in [0, 0.05) is 23.7 Å². The number of pyridine rings is 1. The molecule has 2 aromatic carbocycles. The van der Waals surface area contributed by atoms with Crippen molar-refractivity contribution in [1.29, 1.82) is 0 Å². The third kappa shape index (κ3) is 3.19. The van der Waals surface area contributed by atoms with Crippen LogP contribution in [0.2, 0.25) is 0 Å². The van der Waals surface area contributed by atoms with Gasteiger partial charge in [-0.2, -0.15) is 0 Å². The zero-order chi connectivity index (χ0) is 17.9. The van der Waals surface area contributed by atoms with Gasteiger partial charge in [0.25, 0.3) is 0 Å². The van der Waals surface area contributed by atoms with E-state index in [0.29, 0.717) is 5.82 Å². The van der Waals surface area contributed by atoms with E-state index < -0.39 is 0 Å². The van der Waals surface area contributed by atoms with Crippen LogP contribution in [0.15, 0.2) is 66.9 Å². The highest BCUT2D eigenvalue weighted by molar-refractivity contribution is 5.79. The van der Waals surface area contributed by atoms with Crippen LogP contribution in [0.3, 0.4) is 0 Å².